The molecule has 0 radical (unpaired) electrons. The van der Waals surface area contributed by atoms with E-state index in [9.17, 15) is 4.39 Å². The third-order valence-corrected chi connectivity index (χ3v) is 3.75. The lowest BCUT2D eigenvalue weighted by atomic mass is 9.77. The van der Waals surface area contributed by atoms with Gasteiger partial charge in [-0.15, -0.1) is 0 Å². The fourth-order valence-corrected chi connectivity index (χ4v) is 2.75. The molecular formula is C14H20FNO. The van der Waals surface area contributed by atoms with Gasteiger partial charge in [-0.1, -0.05) is 25.3 Å². The van der Waals surface area contributed by atoms with Crippen molar-refractivity contribution in [3.8, 4) is 5.75 Å². The fraction of sp³-hybridized carbons (Fsp3) is 0.571. The molecule has 94 valence electrons. The van der Waals surface area contributed by atoms with E-state index in [0.29, 0.717) is 5.75 Å². The van der Waals surface area contributed by atoms with E-state index in [1.165, 1.54) is 19.6 Å². The van der Waals surface area contributed by atoms with Crippen LogP contribution in [0.3, 0.4) is 0 Å². The summed E-state index contributed by atoms with van der Waals surface area (Å²) >= 11 is 0. The molecule has 1 aromatic rings. The van der Waals surface area contributed by atoms with Gasteiger partial charge in [0, 0.05) is 5.54 Å². The summed E-state index contributed by atoms with van der Waals surface area (Å²) in [5, 5.41) is 0. The Morgan fingerprint density at radius 2 is 1.88 bits per heavy atom. The number of aryl methyl sites for hydroxylation is 1. The zero-order valence-electron chi connectivity index (χ0n) is 10.6. The Morgan fingerprint density at radius 1 is 1.24 bits per heavy atom. The van der Waals surface area contributed by atoms with Crippen LogP contribution in [0.1, 0.15) is 43.2 Å². The highest BCUT2D eigenvalue weighted by Gasteiger charge is 2.30. The van der Waals surface area contributed by atoms with Gasteiger partial charge < -0.3 is 10.5 Å². The topological polar surface area (TPSA) is 35.2 Å². The maximum atomic E-state index is 13.9. The van der Waals surface area contributed by atoms with Gasteiger partial charge in [0.05, 0.1) is 7.11 Å². The first-order valence-corrected chi connectivity index (χ1v) is 6.20. The summed E-state index contributed by atoms with van der Waals surface area (Å²) in [5.74, 6) is 0.0195. The zero-order valence-corrected chi connectivity index (χ0v) is 10.6. The molecule has 0 aliphatic heterocycles. The SMILES string of the molecule is COc1c(C)cc(C2(N)CCCCC2)cc1F. The minimum atomic E-state index is -0.351. The number of hydrogen-bond acceptors (Lipinski definition) is 2. The van der Waals surface area contributed by atoms with Crippen molar-refractivity contribution in [2.75, 3.05) is 7.11 Å². The van der Waals surface area contributed by atoms with Crippen LogP contribution in [0.2, 0.25) is 0 Å². The average Bonchev–Trinajstić information content (AvgIpc) is 2.29. The molecule has 1 fully saturated rings. The predicted octanol–water partition coefficient (Wildman–Crippen LogP) is 3.26. The molecule has 1 aliphatic carbocycles. The Morgan fingerprint density at radius 3 is 2.41 bits per heavy atom. The molecule has 0 amide bonds. The van der Waals surface area contributed by atoms with Crippen molar-refractivity contribution in [2.24, 2.45) is 5.73 Å². The lowest BCUT2D eigenvalue weighted by Gasteiger charge is -2.34. The number of nitrogens with two attached hydrogens (primary N) is 1. The number of benzene rings is 1. The maximum Gasteiger partial charge on any atom is 0.165 e. The van der Waals surface area contributed by atoms with Crippen molar-refractivity contribution in [1.82, 2.24) is 0 Å². The standard InChI is InChI=1S/C14H20FNO/c1-10-8-11(9-12(15)13(10)17-2)14(16)6-4-3-5-7-14/h8-9H,3-7,16H2,1-2H3. The van der Waals surface area contributed by atoms with Gasteiger partial charge in [-0.05, 0) is 37.0 Å². The number of rotatable bonds is 2. The summed E-state index contributed by atoms with van der Waals surface area (Å²) in [4.78, 5) is 0. The van der Waals surface area contributed by atoms with Gasteiger partial charge >= 0.3 is 0 Å². The van der Waals surface area contributed by atoms with Gasteiger partial charge in [-0.3, -0.25) is 0 Å². The number of halogens is 1. The van der Waals surface area contributed by atoms with Crippen molar-refractivity contribution in [3.63, 3.8) is 0 Å². The van der Waals surface area contributed by atoms with Crippen LogP contribution in [-0.4, -0.2) is 7.11 Å². The molecule has 1 aliphatic rings. The Hall–Kier alpha value is -1.09. The minimum Gasteiger partial charge on any atom is -0.493 e. The second kappa shape index (κ2) is 4.65. The van der Waals surface area contributed by atoms with Gasteiger partial charge in [0.2, 0.25) is 0 Å². The third kappa shape index (κ3) is 2.29. The monoisotopic (exact) mass is 237 g/mol. The molecule has 2 nitrogen and oxygen atoms in total. The van der Waals surface area contributed by atoms with Crippen LogP contribution in [0.15, 0.2) is 12.1 Å². The summed E-state index contributed by atoms with van der Waals surface area (Å²) in [6, 6.07) is 3.50. The van der Waals surface area contributed by atoms with E-state index in [2.05, 4.69) is 0 Å². The lowest BCUT2D eigenvalue weighted by Crippen LogP contribution is -2.38. The first-order chi connectivity index (χ1) is 8.07. The smallest absolute Gasteiger partial charge is 0.165 e. The number of methoxy groups -OCH3 is 1. The predicted molar refractivity (Wildman–Crippen MR) is 66.6 cm³/mol. The lowest BCUT2D eigenvalue weighted by molar-refractivity contribution is 0.300. The van der Waals surface area contributed by atoms with E-state index < -0.39 is 0 Å². The highest BCUT2D eigenvalue weighted by atomic mass is 19.1. The summed E-state index contributed by atoms with van der Waals surface area (Å²) in [6.45, 7) is 1.86. The molecule has 0 heterocycles. The quantitative estimate of drug-likeness (QED) is 0.856. The minimum absolute atomic E-state index is 0.308. The summed E-state index contributed by atoms with van der Waals surface area (Å²) in [5.41, 5.74) is 7.78. The van der Waals surface area contributed by atoms with Crippen LogP contribution in [0, 0.1) is 12.7 Å². The van der Waals surface area contributed by atoms with Crippen molar-refractivity contribution in [3.05, 3.63) is 29.1 Å². The second-order valence-electron chi connectivity index (χ2n) is 5.03. The molecule has 0 unspecified atom stereocenters. The van der Waals surface area contributed by atoms with E-state index in [1.54, 1.807) is 0 Å². The van der Waals surface area contributed by atoms with Crippen molar-refractivity contribution in [1.29, 1.82) is 0 Å². The zero-order chi connectivity index (χ0) is 12.5. The summed E-state index contributed by atoms with van der Waals surface area (Å²) in [7, 11) is 1.49. The maximum absolute atomic E-state index is 13.9. The normalized spacial score (nSPS) is 19.1. The van der Waals surface area contributed by atoms with Crippen LogP contribution < -0.4 is 10.5 Å². The van der Waals surface area contributed by atoms with Crippen molar-refractivity contribution >= 4 is 0 Å². The molecular weight excluding hydrogens is 217 g/mol. The molecule has 0 aromatic heterocycles. The van der Waals surface area contributed by atoms with Crippen LogP contribution in [0.25, 0.3) is 0 Å². The number of ether oxygens (including phenoxy) is 1. The molecule has 3 heteroatoms. The van der Waals surface area contributed by atoms with Crippen LogP contribution in [0.5, 0.6) is 5.75 Å². The van der Waals surface area contributed by atoms with Crippen LogP contribution >= 0.6 is 0 Å². The van der Waals surface area contributed by atoms with E-state index in [0.717, 1.165) is 36.8 Å². The Labute approximate surface area is 102 Å². The largest absolute Gasteiger partial charge is 0.493 e. The van der Waals surface area contributed by atoms with Gasteiger partial charge in [0.15, 0.2) is 11.6 Å². The van der Waals surface area contributed by atoms with Gasteiger partial charge in [-0.2, -0.15) is 0 Å². The Kier molecular flexibility index (Phi) is 3.38. The van der Waals surface area contributed by atoms with Crippen LogP contribution in [0.4, 0.5) is 4.39 Å². The van der Waals surface area contributed by atoms with E-state index >= 15 is 0 Å². The molecule has 1 aromatic carbocycles. The molecule has 2 N–H and O–H groups in total. The van der Waals surface area contributed by atoms with E-state index in [4.69, 9.17) is 10.5 Å². The van der Waals surface area contributed by atoms with Crippen molar-refractivity contribution < 1.29 is 9.13 Å². The molecule has 2 rings (SSSR count). The summed E-state index contributed by atoms with van der Waals surface area (Å²) in [6.07, 6.45) is 5.37. The van der Waals surface area contributed by atoms with Crippen molar-refractivity contribution in [2.45, 2.75) is 44.6 Å². The van der Waals surface area contributed by atoms with Gasteiger partial charge in [0.1, 0.15) is 0 Å². The third-order valence-electron chi connectivity index (χ3n) is 3.75. The highest BCUT2D eigenvalue weighted by Crippen LogP contribution is 2.37. The fourth-order valence-electron chi connectivity index (χ4n) is 2.75. The van der Waals surface area contributed by atoms with Gasteiger partial charge in [0.25, 0.3) is 0 Å². The highest BCUT2D eigenvalue weighted by molar-refractivity contribution is 5.40. The Bertz CT molecular complexity index is 388. The molecule has 0 atom stereocenters. The second-order valence-corrected chi connectivity index (χ2v) is 5.03. The molecule has 17 heavy (non-hydrogen) atoms. The Balaban J connectivity index is 2.39. The van der Waals surface area contributed by atoms with Gasteiger partial charge in [-0.25, -0.2) is 4.39 Å². The molecule has 0 bridgehead atoms. The summed E-state index contributed by atoms with van der Waals surface area (Å²) < 4.78 is 18.9. The van der Waals surface area contributed by atoms with E-state index in [1.807, 2.05) is 13.0 Å². The molecule has 0 spiro atoms. The molecule has 0 saturated heterocycles. The van der Waals surface area contributed by atoms with E-state index in [-0.39, 0.29) is 11.4 Å². The average molecular weight is 237 g/mol. The van der Waals surface area contributed by atoms with Crippen LogP contribution in [-0.2, 0) is 5.54 Å². The first-order valence-electron chi connectivity index (χ1n) is 6.20. The first kappa shape index (κ1) is 12.4. The number of hydrogen-bond donors (Lipinski definition) is 1. The molecule has 1 saturated carbocycles.